The van der Waals surface area contributed by atoms with Crippen LogP contribution in [-0.4, -0.2) is 37.7 Å². The fourth-order valence-corrected chi connectivity index (χ4v) is 3.81. The van der Waals surface area contributed by atoms with E-state index in [4.69, 9.17) is 0 Å². The van der Waals surface area contributed by atoms with E-state index in [-0.39, 0.29) is 4.90 Å². The molecule has 0 radical (unpaired) electrons. The lowest BCUT2D eigenvalue weighted by Crippen LogP contribution is -2.51. The summed E-state index contributed by atoms with van der Waals surface area (Å²) < 4.78 is 40.3. The van der Waals surface area contributed by atoms with Gasteiger partial charge >= 0.3 is 0 Å². The highest BCUT2D eigenvalue weighted by atomic mass is 32.2. The Bertz CT molecular complexity index is 759. The van der Waals surface area contributed by atoms with E-state index in [0.717, 1.165) is 24.3 Å². The van der Waals surface area contributed by atoms with Crippen LogP contribution in [0, 0.1) is 11.2 Å². The normalized spacial score (nSPS) is 18.4. The number of rotatable bonds is 6. The molecule has 0 aromatic heterocycles. The van der Waals surface area contributed by atoms with Crippen LogP contribution in [0.15, 0.2) is 29.2 Å². The lowest BCUT2D eigenvalue weighted by molar-refractivity contribution is -0.150. The number of hydrogen-bond donors (Lipinski definition) is 1. The third-order valence-corrected chi connectivity index (χ3v) is 6.10. The second-order valence-electron chi connectivity index (χ2n) is 6.80. The predicted octanol–water partition coefficient (Wildman–Crippen LogP) is 2.06. The molecule has 6 nitrogen and oxygen atoms in total. The summed E-state index contributed by atoms with van der Waals surface area (Å²) in [6, 6.07) is 4.42. The molecule has 1 fully saturated rings. The molecular weight excluding hydrogens is 347 g/mol. The summed E-state index contributed by atoms with van der Waals surface area (Å²) in [4.78, 5) is 26.1. The monoisotopic (exact) mass is 370 g/mol. The fourth-order valence-electron chi connectivity index (χ4n) is 2.57. The molecule has 1 N–H and O–H groups in total. The smallest absolute Gasteiger partial charge is 0.291 e. The average molecular weight is 370 g/mol. The molecule has 1 aliphatic heterocycles. The van der Waals surface area contributed by atoms with Gasteiger partial charge in [0.1, 0.15) is 5.82 Å². The maximum absolute atomic E-state index is 13.0. The SMILES string of the molecule is CCC(C)(C)C(=O)C(=O)N1CCCC1NS(=O)(=O)c1ccc(F)cc1. The molecule has 1 atom stereocenters. The van der Waals surface area contributed by atoms with Crippen LogP contribution < -0.4 is 4.72 Å². The number of likely N-dealkylation sites (tertiary alicyclic amines) is 1. The first-order valence-electron chi connectivity index (χ1n) is 8.22. The molecule has 25 heavy (non-hydrogen) atoms. The second kappa shape index (κ2) is 7.21. The van der Waals surface area contributed by atoms with Crippen LogP contribution in [0.25, 0.3) is 0 Å². The third-order valence-electron chi connectivity index (χ3n) is 4.62. The summed E-state index contributed by atoms with van der Waals surface area (Å²) in [7, 11) is -3.92. The fraction of sp³-hybridized carbons (Fsp3) is 0.529. The quantitative estimate of drug-likeness (QED) is 0.777. The van der Waals surface area contributed by atoms with Crippen molar-refractivity contribution in [1.29, 1.82) is 0 Å². The van der Waals surface area contributed by atoms with Crippen molar-refractivity contribution in [3.8, 4) is 0 Å². The standard InChI is InChI=1S/C17H23FN2O4S/c1-4-17(2,3)15(21)16(22)20-11-5-6-14(20)19-25(23,24)13-9-7-12(18)8-10-13/h7-10,14,19H,4-6,11H2,1-3H3. The summed E-state index contributed by atoms with van der Waals surface area (Å²) in [6.45, 7) is 5.53. The van der Waals surface area contributed by atoms with Crippen molar-refractivity contribution in [3.63, 3.8) is 0 Å². The van der Waals surface area contributed by atoms with E-state index in [2.05, 4.69) is 4.72 Å². The van der Waals surface area contributed by atoms with Crippen LogP contribution in [0.1, 0.15) is 40.0 Å². The van der Waals surface area contributed by atoms with Crippen LogP contribution in [0.2, 0.25) is 0 Å². The third kappa shape index (κ3) is 4.24. The maximum Gasteiger partial charge on any atom is 0.291 e. The number of nitrogens with one attached hydrogen (secondary N) is 1. The van der Waals surface area contributed by atoms with Gasteiger partial charge in [-0.05, 0) is 43.5 Å². The molecule has 0 aliphatic carbocycles. The van der Waals surface area contributed by atoms with Gasteiger partial charge in [0.05, 0.1) is 11.1 Å². The minimum absolute atomic E-state index is 0.0894. The van der Waals surface area contributed by atoms with Gasteiger partial charge in [0.25, 0.3) is 5.91 Å². The number of ketones is 1. The minimum Gasteiger partial charge on any atom is -0.320 e. The largest absolute Gasteiger partial charge is 0.320 e. The van der Waals surface area contributed by atoms with Crippen LogP contribution in [0.4, 0.5) is 4.39 Å². The predicted molar refractivity (Wildman–Crippen MR) is 90.5 cm³/mol. The van der Waals surface area contributed by atoms with Gasteiger partial charge in [-0.25, -0.2) is 12.8 Å². The molecule has 1 amide bonds. The number of amides is 1. The van der Waals surface area contributed by atoms with Crippen molar-refractivity contribution in [2.75, 3.05) is 6.54 Å². The van der Waals surface area contributed by atoms with Gasteiger partial charge in [-0.1, -0.05) is 20.8 Å². The summed E-state index contributed by atoms with van der Waals surface area (Å²) >= 11 is 0. The molecular formula is C17H23FN2O4S. The van der Waals surface area contributed by atoms with E-state index in [1.165, 1.54) is 4.90 Å². The molecule has 0 spiro atoms. The lowest BCUT2D eigenvalue weighted by Gasteiger charge is -2.28. The van der Waals surface area contributed by atoms with E-state index in [1.54, 1.807) is 13.8 Å². The van der Waals surface area contributed by atoms with Gasteiger partial charge in [-0.15, -0.1) is 0 Å². The first-order chi connectivity index (χ1) is 11.6. The number of hydrogen-bond acceptors (Lipinski definition) is 4. The number of benzene rings is 1. The Hall–Kier alpha value is -1.80. The molecule has 1 aromatic carbocycles. The van der Waals surface area contributed by atoms with Crippen molar-refractivity contribution >= 4 is 21.7 Å². The average Bonchev–Trinajstić information content (AvgIpc) is 3.01. The Morgan fingerprint density at radius 3 is 2.44 bits per heavy atom. The first-order valence-corrected chi connectivity index (χ1v) is 9.70. The summed E-state index contributed by atoms with van der Waals surface area (Å²) in [5.41, 5.74) is -0.792. The lowest BCUT2D eigenvalue weighted by atomic mass is 9.84. The molecule has 0 saturated carbocycles. The highest BCUT2D eigenvalue weighted by Gasteiger charge is 2.39. The summed E-state index contributed by atoms with van der Waals surface area (Å²) in [6.07, 6.45) is 0.755. The van der Waals surface area contributed by atoms with Crippen molar-refractivity contribution in [2.24, 2.45) is 5.41 Å². The molecule has 1 saturated heterocycles. The van der Waals surface area contributed by atoms with Crippen LogP contribution in [0.3, 0.4) is 0 Å². The number of Topliss-reactive ketones (excluding diaryl/α,β-unsaturated/α-hetero) is 1. The highest BCUT2D eigenvalue weighted by Crippen LogP contribution is 2.25. The Balaban J connectivity index is 2.17. The van der Waals surface area contributed by atoms with Gasteiger partial charge in [0.15, 0.2) is 0 Å². The van der Waals surface area contributed by atoms with E-state index in [9.17, 15) is 22.4 Å². The number of carbonyl (C=O) groups is 2. The molecule has 0 bridgehead atoms. The molecule has 1 aromatic rings. The highest BCUT2D eigenvalue weighted by molar-refractivity contribution is 7.89. The molecule has 1 aliphatic rings. The number of sulfonamides is 1. The molecule has 2 rings (SSSR count). The minimum atomic E-state index is -3.92. The van der Waals surface area contributed by atoms with Gasteiger partial charge in [-0.2, -0.15) is 4.72 Å². The van der Waals surface area contributed by atoms with Crippen LogP contribution in [-0.2, 0) is 19.6 Å². The number of nitrogens with zero attached hydrogens (tertiary/aromatic N) is 1. The number of carbonyl (C=O) groups excluding carboxylic acids is 2. The second-order valence-corrected chi connectivity index (χ2v) is 8.51. The summed E-state index contributed by atoms with van der Waals surface area (Å²) in [5, 5.41) is 0. The van der Waals surface area contributed by atoms with Crippen molar-refractivity contribution < 1.29 is 22.4 Å². The zero-order chi connectivity index (χ0) is 18.8. The van der Waals surface area contributed by atoms with Crippen LogP contribution >= 0.6 is 0 Å². The van der Waals surface area contributed by atoms with E-state index >= 15 is 0 Å². The molecule has 1 unspecified atom stereocenters. The van der Waals surface area contributed by atoms with Gasteiger partial charge < -0.3 is 4.90 Å². The van der Waals surface area contributed by atoms with E-state index in [0.29, 0.717) is 25.8 Å². The zero-order valence-corrected chi connectivity index (χ0v) is 15.4. The Morgan fingerprint density at radius 1 is 1.28 bits per heavy atom. The molecule has 1 heterocycles. The molecule has 8 heteroatoms. The van der Waals surface area contributed by atoms with E-state index < -0.39 is 39.1 Å². The van der Waals surface area contributed by atoms with Gasteiger partial charge in [-0.3, -0.25) is 9.59 Å². The molecule has 138 valence electrons. The zero-order valence-electron chi connectivity index (χ0n) is 14.6. The first kappa shape index (κ1) is 19.5. The van der Waals surface area contributed by atoms with Crippen LogP contribution in [0.5, 0.6) is 0 Å². The van der Waals surface area contributed by atoms with Crippen molar-refractivity contribution in [3.05, 3.63) is 30.1 Å². The van der Waals surface area contributed by atoms with Gasteiger partial charge in [0.2, 0.25) is 15.8 Å². The summed E-state index contributed by atoms with van der Waals surface area (Å²) in [5.74, 6) is -1.73. The Kier molecular flexibility index (Phi) is 5.63. The Morgan fingerprint density at radius 2 is 1.88 bits per heavy atom. The van der Waals surface area contributed by atoms with Gasteiger partial charge in [0, 0.05) is 12.0 Å². The maximum atomic E-state index is 13.0. The van der Waals surface area contributed by atoms with E-state index in [1.807, 2.05) is 6.92 Å². The van der Waals surface area contributed by atoms with Crippen molar-refractivity contribution in [2.45, 2.75) is 51.1 Å². The topological polar surface area (TPSA) is 83.6 Å². The number of halogens is 1. The van der Waals surface area contributed by atoms with Crippen molar-refractivity contribution in [1.82, 2.24) is 9.62 Å². The Labute approximate surface area is 147 Å².